The number of carbonyl (C=O) groups is 1. The molecular weight excluding hydrogens is 296 g/mol. The molecule has 0 unspecified atom stereocenters. The van der Waals surface area contributed by atoms with Crippen molar-refractivity contribution in [1.82, 2.24) is 0 Å². The van der Waals surface area contributed by atoms with Crippen molar-refractivity contribution in [2.75, 3.05) is 11.5 Å². The summed E-state index contributed by atoms with van der Waals surface area (Å²) in [5, 5.41) is 9.91. The number of aliphatic carboxylic acids is 1. The van der Waals surface area contributed by atoms with Crippen molar-refractivity contribution in [3.05, 3.63) is 29.8 Å². The van der Waals surface area contributed by atoms with Crippen LogP contribution in [0.25, 0.3) is 0 Å². The zero-order valence-electron chi connectivity index (χ0n) is 12.9. The zero-order chi connectivity index (χ0) is 15.4. The van der Waals surface area contributed by atoms with Gasteiger partial charge in [0.25, 0.3) is 0 Å². The second-order valence-corrected chi connectivity index (χ2v) is 7.60. The van der Waals surface area contributed by atoms with Crippen LogP contribution >= 0.6 is 11.8 Å². The fourth-order valence-electron chi connectivity index (χ4n) is 3.69. The van der Waals surface area contributed by atoms with Gasteiger partial charge in [0.1, 0.15) is 11.9 Å². The molecule has 1 aliphatic heterocycles. The molecule has 3 nitrogen and oxygen atoms in total. The highest BCUT2D eigenvalue weighted by molar-refractivity contribution is 7.99. The minimum absolute atomic E-state index is 0.233. The molecule has 0 radical (unpaired) electrons. The lowest BCUT2D eigenvalue weighted by atomic mass is 9.69. The first-order valence-corrected chi connectivity index (χ1v) is 9.45. The number of carboxylic acid groups (broad SMARTS) is 1. The van der Waals surface area contributed by atoms with Gasteiger partial charge in [0, 0.05) is 5.56 Å². The van der Waals surface area contributed by atoms with Gasteiger partial charge in [-0.1, -0.05) is 37.5 Å². The molecule has 120 valence electrons. The average molecular weight is 320 g/mol. The topological polar surface area (TPSA) is 46.5 Å². The number of rotatable bonds is 4. The Kier molecular flexibility index (Phi) is 4.97. The summed E-state index contributed by atoms with van der Waals surface area (Å²) in [5.74, 6) is 2.37. The maximum absolute atomic E-state index is 12.1. The van der Waals surface area contributed by atoms with Crippen LogP contribution in [0.3, 0.4) is 0 Å². The number of hydrogen-bond donors (Lipinski definition) is 1. The van der Waals surface area contributed by atoms with Crippen molar-refractivity contribution >= 4 is 17.7 Å². The normalized spacial score (nSPS) is 22.2. The molecule has 1 aromatic carbocycles. The third-order valence-electron chi connectivity index (χ3n) is 4.98. The molecule has 0 bridgehead atoms. The van der Waals surface area contributed by atoms with Crippen LogP contribution in [0.4, 0.5) is 0 Å². The molecule has 1 aliphatic carbocycles. The molecule has 2 aliphatic rings. The number of carboxylic acids is 1. The minimum Gasteiger partial charge on any atom is -0.490 e. The van der Waals surface area contributed by atoms with Crippen molar-refractivity contribution in [3.8, 4) is 5.75 Å². The number of benzene rings is 1. The third kappa shape index (κ3) is 3.12. The highest BCUT2D eigenvalue weighted by atomic mass is 32.2. The van der Waals surface area contributed by atoms with E-state index in [0.29, 0.717) is 0 Å². The van der Waals surface area contributed by atoms with Crippen LogP contribution in [0.15, 0.2) is 24.3 Å². The van der Waals surface area contributed by atoms with Crippen LogP contribution in [-0.4, -0.2) is 28.7 Å². The zero-order valence-corrected chi connectivity index (χ0v) is 13.7. The van der Waals surface area contributed by atoms with Crippen LogP contribution in [0.5, 0.6) is 5.75 Å². The summed E-state index contributed by atoms with van der Waals surface area (Å²) in [7, 11) is 0. The molecule has 22 heavy (non-hydrogen) atoms. The number of thioether (sulfide) groups is 1. The van der Waals surface area contributed by atoms with E-state index in [1.54, 1.807) is 0 Å². The van der Waals surface area contributed by atoms with E-state index in [0.717, 1.165) is 67.8 Å². The summed E-state index contributed by atoms with van der Waals surface area (Å²) in [4.78, 5) is 12.1. The summed E-state index contributed by atoms with van der Waals surface area (Å²) in [6.45, 7) is 0. The fourth-order valence-corrected chi connectivity index (χ4v) is 4.76. The quantitative estimate of drug-likeness (QED) is 0.901. The Morgan fingerprint density at radius 2 is 1.82 bits per heavy atom. The molecule has 2 fully saturated rings. The first kappa shape index (κ1) is 15.7. The van der Waals surface area contributed by atoms with Crippen molar-refractivity contribution in [3.63, 3.8) is 0 Å². The molecule has 0 spiro atoms. The van der Waals surface area contributed by atoms with Crippen molar-refractivity contribution < 1.29 is 14.6 Å². The SMILES string of the molecule is O=C(O)C1(c2ccccc2OC2CCSCC2)CCCCC1. The number of hydrogen-bond acceptors (Lipinski definition) is 3. The first-order chi connectivity index (χ1) is 10.7. The van der Waals surface area contributed by atoms with Gasteiger partial charge in [0.15, 0.2) is 0 Å². The van der Waals surface area contributed by atoms with Crippen molar-refractivity contribution in [1.29, 1.82) is 0 Å². The van der Waals surface area contributed by atoms with Gasteiger partial charge >= 0.3 is 5.97 Å². The Morgan fingerprint density at radius 3 is 2.50 bits per heavy atom. The van der Waals surface area contributed by atoms with Crippen LogP contribution < -0.4 is 4.74 Å². The molecule has 0 atom stereocenters. The van der Waals surface area contributed by atoms with E-state index < -0.39 is 11.4 Å². The molecule has 1 N–H and O–H groups in total. The molecule has 0 aromatic heterocycles. The van der Waals surface area contributed by atoms with Crippen LogP contribution in [0.1, 0.15) is 50.5 Å². The first-order valence-electron chi connectivity index (χ1n) is 8.30. The Labute approximate surface area is 136 Å². The van der Waals surface area contributed by atoms with Crippen LogP contribution in [0, 0.1) is 0 Å². The molecule has 1 saturated carbocycles. The Balaban J connectivity index is 1.90. The van der Waals surface area contributed by atoms with Gasteiger partial charge in [-0.3, -0.25) is 4.79 Å². The molecule has 1 heterocycles. The van der Waals surface area contributed by atoms with Gasteiger partial charge in [-0.2, -0.15) is 11.8 Å². The maximum atomic E-state index is 12.1. The molecule has 1 aromatic rings. The molecular formula is C18H24O3S. The van der Waals surface area contributed by atoms with E-state index in [-0.39, 0.29) is 6.10 Å². The second-order valence-electron chi connectivity index (χ2n) is 6.37. The lowest BCUT2D eigenvalue weighted by Crippen LogP contribution is -2.38. The van der Waals surface area contributed by atoms with Gasteiger partial charge < -0.3 is 9.84 Å². The van der Waals surface area contributed by atoms with Gasteiger partial charge in [-0.05, 0) is 43.3 Å². The summed E-state index contributed by atoms with van der Waals surface area (Å²) in [6, 6.07) is 7.82. The monoisotopic (exact) mass is 320 g/mol. The van der Waals surface area contributed by atoms with Crippen LogP contribution in [-0.2, 0) is 10.2 Å². The Bertz CT molecular complexity index is 517. The van der Waals surface area contributed by atoms with E-state index >= 15 is 0 Å². The second kappa shape index (κ2) is 6.95. The highest BCUT2D eigenvalue weighted by Crippen LogP contribution is 2.44. The van der Waals surface area contributed by atoms with E-state index in [1.165, 1.54) is 0 Å². The molecule has 1 saturated heterocycles. The largest absolute Gasteiger partial charge is 0.490 e. The van der Waals surface area contributed by atoms with Gasteiger partial charge in [-0.15, -0.1) is 0 Å². The predicted octanol–water partition coefficient (Wildman–Crippen LogP) is 4.25. The molecule has 3 rings (SSSR count). The summed E-state index contributed by atoms with van der Waals surface area (Å²) < 4.78 is 6.24. The standard InChI is InChI=1S/C18H24O3S/c19-17(20)18(10-4-1-5-11-18)15-6-2-3-7-16(15)21-14-8-12-22-13-9-14/h2-3,6-7,14H,1,4-5,8-13H2,(H,19,20). The fraction of sp³-hybridized carbons (Fsp3) is 0.611. The van der Waals surface area contributed by atoms with E-state index in [1.807, 2.05) is 36.0 Å². The van der Waals surface area contributed by atoms with Crippen molar-refractivity contribution in [2.45, 2.75) is 56.5 Å². The summed E-state index contributed by atoms with van der Waals surface area (Å²) in [5.41, 5.74) is 0.138. The smallest absolute Gasteiger partial charge is 0.314 e. The summed E-state index contributed by atoms with van der Waals surface area (Å²) in [6.07, 6.45) is 6.90. The van der Waals surface area contributed by atoms with Crippen LogP contribution in [0.2, 0.25) is 0 Å². The lowest BCUT2D eigenvalue weighted by molar-refractivity contribution is -0.145. The summed E-state index contributed by atoms with van der Waals surface area (Å²) >= 11 is 1.97. The molecule has 0 amide bonds. The average Bonchev–Trinajstić information content (AvgIpc) is 2.57. The van der Waals surface area contributed by atoms with E-state index in [4.69, 9.17) is 4.74 Å². The highest BCUT2D eigenvalue weighted by Gasteiger charge is 2.43. The predicted molar refractivity (Wildman–Crippen MR) is 89.8 cm³/mol. The van der Waals surface area contributed by atoms with Gasteiger partial charge in [0.2, 0.25) is 0 Å². The maximum Gasteiger partial charge on any atom is 0.314 e. The Morgan fingerprint density at radius 1 is 1.14 bits per heavy atom. The Hall–Kier alpha value is -1.16. The lowest BCUT2D eigenvalue weighted by Gasteiger charge is -2.35. The van der Waals surface area contributed by atoms with Crippen molar-refractivity contribution in [2.24, 2.45) is 0 Å². The van der Waals surface area contributed by atoms with E-state index in [9.17, 15) is 9.90 Å². The minimum atomic E-state index is -0.752. The van der Waals surface area contributed by atoms with Gasteiger partial charge in [-0.25, -0.2) is 0 Å². The number of para-hydroxylation sites is 1. The van der Waals surface area contributed by atoms with E-state index in [2.05, 4.69) is 0 Å². The third-order valence-corrected chi connectivity index (χ3v) is 6.03. The number of ether oxygens (including phenoxy) is 1. The van der Waals surface area contributed by atoms with Gasteiger partial charge in [0.05, 0.1) is 5.41 Å². The molecule has 4 heteroatoms.